The Balaban J connectivity index is 1.75. The van der Waals surface area contributed by atoms with Gasteiger partial charge in [0.2, 0.25) is 5.91 Å². The summed E-state index contributed by atoms with van der Waals surface area (Å²) >= 11 is 0. The summed E-state index contributed by atoms with van der Waals surface area (Å²) in [5.41, 5.74) is 6.28. The van der Waals surface area contributed by atoms with Crippen LogP contribution < -0.4 is 0 Å². The first-order valence-electron chi connectivity index (χ1n) is 9.05. The quantitative estimate of drug-likeness (QED) is 0.727. The van der Waals surface area contributed by atoms with Gasteiger partial charge in [-0.2, -0.15) is 0 Å². The second-order valence-electron chi connectivity index (χ2n) is 7.11. The summed E-state index contributed by atoms with van der Waals surface area (Å²) in [5.74, 6) is 0.136. The first-order valence-corrected chi connectivity index (χ1v) is 9.05. The molecule has 1 heterocycles. The van der Waals surface area contributed by atoms with Crippen LogP contribution in [0.5, 0.6) is 0 Å². The van der Waals surface area contributed by atoms with Gasteiger partial charge in [-0.3, -0.25) is 4.79 Å². The monoisotopic (exact) mass is 332 g/mol. The largest absolute Gasteiger partial charge is 0.356 e. The number of carbonyl (C=O) groups is 1. The zero-order valence-electron chi connectivity index (χ0n) is 14.9. The molecule has 2 aromatic carbocycles. The predicted molar refractivity (Wildman–Crippen MR) is 101 cm³/mol. The normalized spacial score (nSPS) is 16.6. The molecule has 1 atom stereocenters. The van der Waals surface area contributed by atoms with E-state index in [-0.39, 0.29) is 11.9 Å². The van der Waals surface area contributed by atoms with Crippen LogP contribution in [0.3, 0.4) is 0 Å². The van der Waals surface area contributed by atoms with Gasteiger partial charge in [0.05, 0.1) is 6.04 Å². The highest BCUT2D eigenvalue weighted by atomic mass is 16.2. The number of hydrogen-bond donors (Lipinski definition) is 1. The van der Waals surface area contributed by atoms with Crippen LogP contribution in [0, 0.1) is 6.92 Å². The lowest BCUT2D eigenvalue weighted by Gasteiger charge is -2.34. The molecule has 0 bridgehead atoms. The summed E-state index contributed by atoms with van der Waals surface area (Å²) in [7, 11) is 0. The van der Waals surface area contributed by atoms with E-state index in [1.165, 1.54) is 33.3 Å². The maximum Gasteiger partial charge on any atom is 0.220 e. The second kappa shape index (κ2) is 6.40. The molecule has 3 nitrogen and oxygen atoms in total. The minimum Gasteiger partial charge on any atom is -0.356 e. The van der Waals surface area contributed by atoms with Gasteiger partial charge in [0.15, 0.2) is 0 Å². The molecule has 0 unspecified atom stereocenters. The van der Waals surface area contributed by atoms with E-state index in [1.54, 1.807) is 6.92 Å². The molecule has 1 amide bonds. The van der Waals surface area contributed by atoms with Crippen molar-refractivity contribution in [2.75, 3.05) is 0 Å². The van der Waals surface area contributed by atoms with E-state index in [2.05, 4.69) is 42.2 Å². The van der Waals surface area contributed by atoms with E-state index < -0.39 is 0 Å². The number of H-pyrrole nitrogens is 1. The highest BCUT2D eigenvalue weighted by Gasteiger charge is 2.30. The third kappa shape index (κ3) is 2.95. The molecule has 1 N–H and O–H groups in total. The Hall–Kier alpha value is -2.55. The number of benzene rings is 2. The van der Waals surface area contributed by atoms with Crippen LogP contribution in [0.1, 0.15) is 48.2 Å². The lowest BCUT2D eigenvalue weighted by molar-refractivity contribution is -0.132. The molecule has 3 aromatic rings. The average molecular weight is 332 g/mol. The average Bonchev–Trinajstić information content (AvgIpc) is 2.98. The number of aryl methyl sites for hydroxylation is 2. The van der Waals surface area contributed by atoms with E-state index in [0.717, 1.165) is 19.3 Å². The molecule has 0 aliphatic heterocycles. The summed E-state index contributed by atoms with van der Waals surface area (Å²) < 4.78 is 0. The Labute approximate surface area is 148 Å². The molecule has 1 aliphatic rings. The molecule has 128 valence electrons. The van der Waals surface area contributed by atoms with Crippen LogP contribution in [-0.4, -0.2) is 15.8 Å². The van der Waals surface area contributed by atoms with Gasteiger partial charge < -0.3 is 9.88 Å². The SMILES string of the molecule is CC(=O)N(Cc1ccccc1)[C@H]1CCCc2c1[nH]c1ccc(C)cc21. The van der Waals surface area contributed by atoms with Crippen molar-refractivity contribution in [3.05, 3.63) is 70.9 Å². The summed E-state index contributed by atoms with van der Waals surface area (Å²) in [6.45, 7) is 4.48. The maximum atomic E-state index is 12.4. The summed E-state index contributed by atoms with van der Waals surface area (Å²) in [6, 6.07) is 17.0. The van der Waals surface area contributed by atoms with Crippen molar-refractivity contribution < 1.29 is 4.79 Å². The van der Waals surface area contributed by atoms with Gasteiger partial charge in [0.25, 0.3) is 0 Å². The molecule has 0 spiro atoms. The van der Waals surface area contributed by atoms with Gasteiger partial charge in [-0.25, -0.2) is 0 Å². The Morgan fingerprint density at radius 2 is 2.00 bits per heavy atom. The number of carbonyl (C=O) groups excluding carboxylic acids is 1. The maximum absolute atomic E-state index is 12.4. The molecule has 1 aliphatic carbocycles. The predicted octanol–water partition coefficient (Wildman–Crippen LogP) is 4.90. The van der Waals surface area contributed by atoms with Crippen LogP contribution in [0.4, 0.5) is 0 Å². The van der Waals surface area contributed by atoms with Crippen molar-refractivity contribution >= 4 is 16.8 Å². The third-order valence-electron chi connectivity index (χ3n) is 5.31. The zero-order valence-corrected chi connectivity index (χ0v) is 14.9. The highest BCUT2D eigenvalue weighted by molar-refractivity contribution is 5.86. The molecule has 4 rings (SSSR count). The molecule has 0 fully saturated rings. The van der Waals surface area contributed by atoms with Crippen LogP contribution >= 0.6 is 0 Å². The fourth-order valence-electron chi connectivity index (χ4n) is 4.09. The number of amides is 1. The fraction of sp³-hybridized carbons (Fsp3) is 0.318. The first-order chi connectivity index (χ1) is 12.1. The first kappa shape index (κ1) is 15.9. The lowest BCUT2D eigenvalue weighted by atomic mass is 9.90. The van der Waals surface area contributed by atoms with Crippen molar-refractivity contribution in [1.82, 2.24) is 9.88 Å². The zero-order chi connectivity index (χ0) is 17.4. The van der Waals surface area contributed by atoms with Gasteiger partial charge in [0, 0.05) is 30.1 Å². The molecule has 3 heteroatoms. The molecular formula is C22H24N2O. The summed E-state index contributed by atoms with van der Waals surface area (Å²) in [6.07, 6.45) is 3.23. The van der Waals surface area contributed by atoms with Crippen molar-refractivity contribution in [3.8, 4) is 0 Å². The highest BCUT2D eigenvalue weighted by Crippen LogP contribution is 2.38. The molecule has 0 saturated carbocycles. The van der Waals surface area contributed by atoms with Gasteiger partial charge in [-0.05, 0) is 49.4 Å². The van der Waals surface area contributed by atoms with E-state index in [4.69, 9.17) is 0 Å². The molecule has 0 radical (unpaired) electrons. The number of aromatic amines is 1. The number of hydrogen-bond acceptors (Lipinski definition) is 1. The van der Waals surface area contributed by atoms with Gasteiger partial charge in [0.1, 0.15) is 0 Å². The Kier molecular flexibility index (Phi) is 4.08. The van der Waals surface area contributed by atoms with E-state index in [0.29, 0.717) is 6.54 Å². The number of rotatable bonds is 3. The van der Waals surface area contributed by atoms with Gasteiger partial charge >= 0.3 is 0 Å². The van der Waals surface area contributed by atoms with Crippen molar-refractivity contribution in [1.29, 1.82) is 0 Å². The van der Waals surface area contributed by atoms with E-state index in [1.807, 2.05) is 23.1 Å². The number of nitrogens with zero attached hydrogens (tertiary/aromatic N) is 1. The van der Waals surface area contributed by atoms with Crippen molar-refractivity contribution in [2.24, 2.45) is 0 Å². The van der Waals surface area contributed by atoms with E-state index >= 15 is 0 Å². The Morgan fingerprint density at radius 1 is 1.20 bits per heavy atom. The molecule has 25 heavy (non-hydrogen) atoms. The van der Waals surface area contributed by atoms with Crippen molar-refractivity contribution in [3.63, 3.8) is 0 Å². The molecule has 1 aromatic heterocycles. The van der Waals surface area contributed by atoms with Gasteiger partial charge in [-0.15, -0.1) is 0 Å². The minimum atomic E-state index is 0.133. The van der Waals surface area contributed by atoms with Crippen LogP contribution in [0.2, 0.25) is 0 Å². The van der Waals surface area contributed by atoms with Crippen LogP contribution in [0.25, 0.3) is 10.9 Å². The van der Waals surface area contributed by atoms with E-state index in [9.17, 15) is 4.79 Å². The van der Waals surface area contributed by atoms with Gasteiger partial charge in [-0.1, -0.05) is 42.0 Å². The summed E-state index contributed by atoms with van der Waals surface area (Å²) in [5, 5.41) is 1.32. The number of fused-ring (bicyclic) bond motifs is 3. The fourth-order valence-corrected chi connectivity index (χ4v) is 4.09. The second-order valence-corrected chi connectivity index (χ2v) is 7.11. The van der Waals surface area contributed by atoms with Crippen LogP contribution in [-0.2, 0) is 17.8 Å². The standard InChI is InChI=1S/C22H24N2O/c1-15-11-12-20-19(13-15)18-9-6-10-21(22(18)23-20)24(16(2)25)14-17-7-4-3-5-8-17/h3-5,7-8,11-13,21,23H,6,9-10,14H2,1-2H3/t21-/m0/s1. The molecule has 0 saturated heterocycles. The smallest absolute Gasteiger partial charge is 0.220 e. The lowest BCUT2D eigenvalue weighted by Crippen LogP contribution is -2.34. The number of nitrogens with one attached hydrogen (secondary N) is 1. The summed E-state index contributed by atoms with van der Waals surface area (Å²) in [4.78, 5) is 18.1. The third-order valence-corrected chi connectivity index (χ3v) is 5.31. The topological polar surface area (TPSA) is 36.1 Å². The Morgan fingerprint density at radius 3 is 2.76 bits per heavy atom. The minimum absolute atomic E-state index is 0.133. The van der Waals surface area contributed by atoms with Crippen LogP contribution in [0.15, 0.2) is 48.5 Å². The molecular weight excluding hydrogens is 308 g/mol. The number of aromatic nitrogens is 1. The Bertz CT molecular complexity index is 910. The van der Waals surface area contributed by atoms with Crippen molar-refractivity contribution in [2.45, 2.75) is 45.7 Å².